The lowest BCUT2D eigenvalue weighted by molar-refractivity contribution is -0.0264. The molecule has 0 aliphatic carbocycles. The number of hydrogen-bond acceptors (Lipinski definition) is 2. The topological polar surface area (TPSA) is 29.4 Å². The molecule has 0 spiro atoms. The van der Waals surface area contributed by atoms with Gasteiger partial charge in [-0.3, -0.25) is 0 Å². The lowest BCUT2D eigenvalue weighted by Crippen LogP contribution is -2.21. The molecule has 0 saturated carbocycles. The summed E-state index contributed by atoms with van der Waals surface area (Å²) in [5, 5.41) is 0. The van der Waals surface area contributed by atoms with Crippen LogP contribution < -0.4 is 0 Å². The monoisotopic (exact) mass is 163 g/mol. The second-order valence-electron chi connectivity index (χ2n) is 3.61. The summed E-state index contributed by atoms with van der Waals surface area (Å²) in [5.74, 6) is 0. The van der Waals surface area contributed by atoms with Crippen molar-refractivity contribution in [2.24, 2.45) is 10.4 Å². The Morgan fingerprint density at radius 3 is 2.09 bits per heavy atom. The fourth-order valence-electron chi connectivity index (χ4n) is 0.744. The minimum absolute atomic E-state index is 0.435. The van der Waals surface area contributed by atoms with E-state index in [0.29, 0.717) is 0 Å². The highest BCUT2D eigenvalue weighted by Crippen LogP contribution is 2.31. The first-order valence-electron chi connectivity index (χ1n) is 3.24. The van der Waals surface area contributed by atoms with Crippen LogP contribution in [-0.4, -0.2) is 12.1 Å². The number of isocyanates is 1. The maximum Gasteiger partial charge on any atom is 0.352 e. The Morgan fingerprint density at radius 1 is 1.36 bits per heavy atom. The van der Waals surface area contributed by atoms with Gasteiger partial charge in [-0.25, -0.2) is 4.79 Å². The maximum absolute atomic E-state index is 12.5. The summed E-state index contributed by atoms with van der Waals surface area (Å²) < 4.78 is 25.0. The van der Waals surface area contributed by atoms with Gasteiger partial charge in [-0.2, -0.15) is 8.78 Å². The van der Waals surface area contributed by atoms with Crippen LogP contribution in [0.4, 0.5) is 8.78 Å². The van der Waals surface area contributed by atoms with Crippen LogP contribution in [0.25, 0.3) is 0 Å². The Balaban J connectivity index is 4.24. The van der Waals surface area contributed by atoms with E-state index >= 15 is 0 Å². The van der Waals surface area contributed by atoms with Gasteiger partial charge in [0, 0.05) is 6.42 Å². The van der Waals surface area contributed by atoms with Crippen molar-refractivity contribution < 1.29 is 13.6 Å². The third-order valence-corrected chi connectivity index (χ3v) is 0.952. The second-order valence-corrected chi connectivity index (χ2v) is 3.61. The van der Waals surface area contributed by atoms with E-state index in [1.165, 1.54) is 0 Å². The Morgan fingerprint density at radius 2 is 1.82 bits per heavy atom. The van der Waals surface area contributed by atoms with Gasteiger partial charge in [0.1, 0.15) is 0 Å². The number of halogens is 2. The van der Waals surface area contributed by atoms with Gasteiger partial charge in [-0.15, -0.1) is 4.99 Å². The first kappa shape index (κ1) is 10.2. The quantitative estimate of drug-likeness (QED) is 0.349. The molecule has 0 fully saturated rings. The molecule has 0 rings (SSSR count). The lowest BCUT2D eigenvalue weighted by Gasteiger charge is -2.21. The normalized spacial score (nSPS) is 12.5. The van der Waals surface area contributed by atoms with Gasteiger partial charge in [-0.1, -0.05) is 20.8 Å². The van der Waals surface area contributed by atoms with Gasteiger partial charge in [-0.05, 0) is 5.41 Å². The fraction of sp³-hybridized carbons (Fsp3) is 0.857. The highest BCUT2D eigenvalue weighted by molar-refractivity contribution is 5.33. The van der Waals surface area contributed by atoms with Crippen LogP contribution in [0.5, 0.6) is 0 Å². The molecule has 0 bridgehead atoms. The van der Waals surface area contributed by atoms with Gasteiger partial charge in [0.2, 0.25) is 6.08 Å². The molecule has 2 nitrogen and oxygen atoms in total. The van der Waals surface area contributed by atoms with Crippen molar-refractivity contribution >= 4 is 6.08 Å². The number of alkyl halides is 2. The molecule has 11 heavy (non-hydrogen) atoms. The van der Waals surface area contributed by atoms with Crippen molar-refractivity contribution in [3.63, 3.8) is 0 Å². The fourth-order valence-corrected chi connectivity index (χ4v) is 0.744. The number of aliphatic imine (C=N–C) groups is 1. The molecule has 0 amide bonds. The molecule has 0 aromatic heterocycles. The second kappa shape index (κ2) is 3.09. The average Bonchev–Trinajstić information content (AvgIpc) is 1.55. The van der Waals surface area contributed by atoms with Crippen molar-refractivity contribution in [2.45, 2.75) is 33.2 Å². The minimum Gasteiger partial charge on any atom is -0.211 e. The van der Waals surface area contributed by atoms with E-state index in [4.69, 9.17) is 0 Å². The van der Waals surface area contributed by atoms with Crippen molar-refractivity contribution in [3.8, 4) is 0 Å². The van der Waals surface area contributed by atoms with Gasteiger partial charge in [0.25, 0.3) is 0 Å². The summed E-state index contributed by atoms with van der Waals surface area (Å²) in [4.78, 5) is 11.9. The molecular weight excluding hydrogens is 152 g/mol. The third kappa shape index (κ3) is 5.67. The highest BCUT2D eigenvalue weighted by Gasteiger charge is 2.33. The molecule has 0 aliphatic rings. The molecule has 0 aromatic rings. The SMILES string of the molecule is CC(C)(C)CC(F)(F)N=C=O. The van der Waals surface area contributed by atoms with Gasteiger partial charge >= 0.3 is 6.05 Å². The Bertz CT molecular complexity index is 177. The van der Waals surface area contributed by atoms with E-state index in [0.717, 1.165) is 6.08 Å². The molecular formula is C7H11F2NO. The lowest BCUT2D eigenvalue weighted by atomic mass is 9.91. The number of hydrogen-bond donors (Lipinski definition) is 0. The summed E-state index contributed by atoms with van der Waals surface area (Å²) in [7, 11) is 0. The van der Waals surface area contributed by atoms with Crippen LogP contribution in [0.15, 0.2) is 4.99 Å². The smallest absolute Gasteiger partial charge is 0.211 e. The van der Waals surface area contributed by atoms with Gasteiger partial charge in [0.05, 0.1) is 0 Å². The zero-order valence-corrected chi connectivity index (χ0v) is 6.82. The molecule has 0 unspecified atom stereocenters. The van der Waals surface area contributed by atoms with E-state index in [2.05, 4.69) is 4.99 Å². The summed E-state index contributed by atoms with van der Waals surface area (Å²) in [6.07, 6.45) is 0.420. The van der Waals surface area contributed by atoms with Crippen molar-refractivity contribution in [1.82, 2.24) is 0 Å². The van der Waals surface area contributed by atoms with Crippen molar-refractivity contribution in [1.29, 1.82) is 0 Å². The molecule has 0 radical (unpaired) electrons. The first-order valence-corrected chi connectivity index (χ1v) is 3.24. The predicted octanol–water partition coefficient (Wildman–Crippen LogP) is 2.35. The van der Waals surface area contributed by atoms with E-state index in [9.17, 15) is 13.6 Å². The molecule has 64 valence electrons. The third-order valence-electron chi connectivity index (χ3n) is 0.952. The first-order chi connectivity index (χ1) is 4.77. The van der Waals surface area contributed by atoms with Crippen molar-refractivity contribution in [3.05, 3.63) is 0 Å². The summed E-state index contributed by atoms with van der Waals surface area (Å²) in [6.45, 7) is 4.96. The molecule has 0 aromatic carbocycles. The van der Waals surface area contributed by atoms with E-state index in [-0.39, 0.29) is 0 Å². The molecule has 0 saturated heterocycles. The van der Waals surface area contributed by atoms with Crippen LogP contribution in [0.2, 0.25) is 0 Å². The predicted molar refractivity (Wildman–Crippen MR) is 37.1 cm³/mol. The van der Waals surface area contributed by atoms with Crippen LogP contribution >= 0.6 is 0 Å². The van der Waals surface area contributed by atoms with Crippen LogP contribution in [0.3, 0.4) is 0 Å². The molecule has 0 atom stereocenters. The zero-order chi connectivity index (χ0) is 9.12. The van der Waals surface area contributed by atoms with E-state index < -0.39 is 17.9 Å². The van der Waals surface area contributed by atoms with E-state index in [1.807, 2.05) is 0 Å². The summed E-state index contributed by atoms with van der Waals surface area (Å²) >= 11 is 0. The zero-order valence-electron chi connectivity index (χ0n) is 6.82. The van der Waals surface area contributed by atoms with Crippen LogP contribution in [0.1, 0.15) is 27.2 Å². The van der Waals surface area contributed by atoms with Gasteiger partial charge in [0.15, 0.2) is 0 Å². The Hall–Kier alpha value is -0.760. The van der Waals surface area contributed by atoms with Crippen LogP contribution in [-0.2, 0) is 4.79 Å². The van der Waals surface area contributed by atoms with Crippen LogP contribution in [0, 0.1) is 5.41 Å². The highest BCUT2D eigenvalue weighted by atomic mass is 19.3. The average molecular weight is 163 g/mol. The molecule has 0 aliphatic heterocycles. The standard InChI is InChI=1S/C7H11F2NO/c1-6(2,3)4-7(8,9)10-5-11/h4H2,1-3H3. The number of rotatable bonds is 2. The molecule has 0 N–H and O–H groups in total. The minimum atomic E-state index is -3.26. The Kier molecular flexibility index (Phi) is 2.88. The largest absolute Gasteiger partial charge is 0.352 e. The summed E-state index contributed by atoms with van der Waals surface area (Å²) in [6, 6.07) is -3.26. The number of carbonyl (C=O) groups excluding carboxylic acids is 1. The van der Waals surface area contributed by atoms with Gasteiger partial charge < -0.3 is 0 Å². The number of nitrogens with zero attached hydrogens (tertiary/aromatic N) is 1. The summed E-state index contributed by atoms with van der Waals surface area (Å²) in [5.41, 5.74) is -0.538. The molecule has 0 heterocycles. The Labute approximate surface area is 64.3 Å². The van der Waals surface area contributed by atoms with E-state index in [1.54, 1.807) is 20.8 Å². The maximum atomic E-state index is 12.5. The van der Waals surface area contributed by atoms with Crippen molar-refractivity contribution in [2.75, 3.05) is 0 Å². The molecule has 4 heteroatoms.